The van der Waals surface area contributed by atoms with Gasteiger partial charge in [0, 0.05) is 17.3 Å². The van der Waals surface area contributed by atoms with Gasteiger partial charge in [-0.2, -0.15) is 0 Å². The van der Waals surface area contributed by atoms with Gasteiger partial charge in [-0.15, -0.1) is 10.2 Å². The number of halogens is 1. The maximum atomic E-state index is 11.1. The quantitative estimate of drug-likeness (QED) is 0.860. The largest absolute Gasteiger partial charge is 0.481 e. The maximum Gasteiger partial charge on any atom is 0.307 e. The molecule has 0 saturated carbocycles. The molecule has 3 rings (SSSR count). The molecule has 1 aromatic heterocycles. The standard InChI is InChI=1S/C15H17ClN4O2S/c16-11-4-1-5-12(7-11)17-15-19-18-13(23-15)9-20-6-2-3-10(8-20)14(21)22/h1,4-5,7,10H,2-3,6,8-9H2,(H,17,19)(H,21,22). The normalized spacial score (nSPS) is 18.7. The maximum absolute atomic E-state index is 11.1. The number of anilines is 2. The smallest absolute Gasteiger partial charge is 0.307 e. The van der Waals surface area contributed by atoms with E-state index < -0.39 is 5.97 Å². The van der Waals surface area contributed by atoms with Crippen LogP contribution in [0.2, 0.25) is 5.02 Å². The van der Waals surface area contributed by atoms with Gasteiger partial charge in [-0.05, 0) is 37.6 Å². The molecule has 2 aromatic rings. The van der Waals surface area contributed by atoms with Gasteiger partial charge in [0.15, 0.2) is 0 Å². The Balaban J connectivity index is 1.60. The van der Waals surface area contributed by atoms with Crippen molar-refractivity contribution in [2.75, 3.05) is 18.4 Å². The van der Waals surface area contributed by atoms with Gasteiger partial charge < -0.3 is 10.4 Å². The molecule has 0 bridgehead atoms. The van der Waals surface area contributed by atoms with Gasteiger partial charge in [0.1, 0.15) is 5.01 Å². The summed E-state index contributed by atoms with van der Waals surface area (Å²) in [7, 11) is 0. The van der Waals surface area contributed by atoms with E-state index in [0.29, 0.717) is 23.2 Å². The Bertz CT molecular complexity index is 694. The predicted octanol–water partition coefficient (Wildman–Crippen LogP) is 3.23. The second kappa shape index (κ2) is 7.25. The van der Waals surface area contributed by atoms with E-state index in [1.54, 1.807) is 0 Å². The van der Waals surface area contributed by atoms with E-state index in [-0.39, 0.29) is 5.92 Å². The fourth-order valence-corrected chi connectivity index (χ4v) is 3.64. The van der Waals surface area contributed by atoms with E-state index in [0.717, 1.165) is 30.1 Å². The second-order valence-corrected chi connectivity index (χ2v) is 7.05. The first-order valence-corrected chi connectivity index (χ1v) is 8.60. The Hall–Kier alpha value is -1.70. The number of rotatable bonds is 5. The predicted molar refractivity (Wildman–Crippen MR) is 90.3 cm³/mol. The molecule has 1 unspecified atom stereocenters. The van der Waals surface area contributed by atoms with Gasteiger partial charge in [0.25, 0.3) is 0 Å². The van der Waals surface area contributed by atoms with Crippen molar-refractivity contribution in [2.24, 2.45) is 5.92 Å². The third kappa shape index (κ3) is 4.40. The van der Waals surface area contributed by atoms with E-state index in [1.165, 1.54) is 11.3 Å². The monoisotopic (exact) mass is 352 g/mol. The average Bonchev–Trinajstić information content (AvgIpc) is 2.94. The van der Waals surface area contributed by atoms with Gasteiger partial charge in [-0.3, -0.25) is 9.69 Å². The number of piperidine rings is 1. The molecule has 8 heteroatoms. The molecule has 1 fully saturated rings. The minimum Gasteiger partial charge on any atom is -0.481 e. The lowest BCUT2D eigenvalue weighted by Crippen LogP contribution is -2.38. The summed E-state index contributed by atoms with van der Waals surface area (Å²) in [5, 5.41) is 22.9. The number of hydrogen-bond acceptors (Lipinski definition) is 6. The van der Waals surface area contributed by atoms with Crippen molar-refractivity contribution in [3.8, 4) is 0 Å². The minimum atomic E-state index is -0.713. The number of nitrogens with zero attached hydrogens (tertiary/aromatic N) is 3. The van der Waals surface area contributed by atoms with Gasteiger partial charge in [0.2, 0.25) is 5.13 Å². The third-order valence-electron chi connectivity index (χ3n) is 3.76. The number of carbonyl (C=O) groups is 1. The Labute approximate surface area is 143 Å². The van der Waals surface area contributed by atoms with Crippen molar-refractivity contribution in [3.63, 3.8) is 0 Å². The molecule has 23 heavy (non-hydrogen) atoms. The molecule has 1 atom stereocenters. The van der Waals surface area contributed by atoms with Gasteiger partial charge in [0.05, 0.1) is 12.5 Å². The zero-order valence-corrected chi connectivity index (χ0v) is 14.0. The highest BCUT2D eigenvalue weighted by Gasteiger charge is 2.25. The van der Waals surface area contributed by atoms with Crippen LogP contribution in [0.15, 0.2) is 24.3 Å². The molecule has 1 saturated heterocycles. The Morgan fingerprint density at radius 1 is 1.48 bits per heavy atom. The first-order valence-electron chi connectivity index (χ1n) is 7.40. The second-order valence-electron chi connectivity index (χ2n) is 5.55. The molecule has 0 amide bonds. The fourth-order valence-electron chi connectivity index (χ4n) is 2.65. The number of nitrogens with one attached hydrogen (secondary N) is 1. The molecule has 2 heterocycles. The Kier molecular flexibility index (Phi) is 5.09. The number of carboxylic acid groups (broad SMARTS) is 1. The first kappa shape index (κ1) is 16.2. The number of likely N-dealkylation sites (tertiary alicyclic amines) is 1. The number of benzene rings is 1. The lowest BCUT2D eigenvalue weighted by molar-refractivity contribution is -0.143. The zero-order valence-electron chi connectivity index (χ0n) is 12.4. The molecular formula is C15H17ClN4O2S. The van der Waals surface area contributed by atoms with Crippen LogP contribution in [0, 0.1) is 5.92 Å². The topological polar surface area (TPSA) is 78.3 Å². The van der Waals surface area contributed by atoms with Crippen LogP contribution in [0.3, 0.4) is 0 Å². The summed E-state index contributed by atoms with van der Waals surface area (Å²) >= 11 is 7.43. The lowest BCUT2D eigenvalue weighted by Gasteiger charge is -2.29. The van der Waals surface area contributed by atoms with Crippen molar-refractivity contribution in [1.82, 2.24) is 15.1 Å². The minimum absolute atomic E-state index is 0.277. The van der Waals surface area contributed by atoms with Crippen molar-refractivity contribution >= 4 is 39.7 Å². The van der Waals surface area contributed by atoms with E-state index in [2.05, 4.69) is 20.4 Å². The van der Waals surface area contributed by atoms with Crippen molar-refractivity contribution < 1.29 is 9.90 Å². The van der Waals surface area contributed by atoms with Gasteiger partial charge in [-0.1, -0.05) is 29.0 Å². The van der Waals surface area contributed by atoms with Gasteiger partial charge >= 0.3 is 5.97 Å². The average molecular weight is 353 g/mol. The van der Waals surface area contributed by atoms with E-state index in [4.69, 9.17) is 16.7 Å². The summed E-state index contributed by atoms with van der Waals surface area (Å²) < 4.78 is 0. The van der Waals surface area contributed by atoms with Crippen LogP contribution < -0.4 is 5.32 Å². The van der Waals surface area contributed by atoms with Crippen molar-refractivity contribution in [3.05, 3.63) is 34.3 Å². The van der Waals surface area contributed by atoms with E-state index in [9.17, 15) is 4.79 Å². The molecule has 1 aliphatic rings. The highest BCUT2D eigenvalue weighted by molar-refractivity contribution is 7.15. The van der Waals surface area contributed by atoms with Gasteiger partial charge in [-0.25, -0.2) is 0 Å². The number of hydrogen-bond donors (Lipinski definition) is 2. The van der Waals surface area contributed by atoms with Crippen molar-refractivity contribution in [1.29, 1.82) is 0 Å². The van der Waals surface area contributed by atoms with E-state index >= 15 is 0 Å². The number of aromatic nitrogens is 2. The lowest BCUT2D eigenvalue weighted by atomic mass is 9.98. The molecule has 1 aliphatic heterocycles. The number of carboxylic acids is 1. The summed E-state index contributed by atoms with van der Waals surface area (Å²) in [5.41, 5.74) is 0.865. The third-order valence-corrected chi connectivity index (χ3v) is 4.81. The van der Waals surface area contributed by atoms with Crippen LogP contribution in [0.5, 0.6) is 0 Å². The fraction of sp³-hybridized carbons (Fsp3) is 0.400. The molecule has 122 valence electrons. The molecule has 0 radical (unpaired) electrons. The Morgan fingerprint density at radius 3 is 3.13 bits per heavy atom. The molecule has 0 spiro atoms. The Morgan fingerprint density at radius 2 is 2.35 bits per heavy atom. The van der Waals surface area contributed by atoms with Crippen LogP contribution >= 0.6 is 22.9 Å². The summed E-state index contributed by atoms with van der Waals surface area (Å²) in [4.78, 5) is 13.2. The first-order chi connectivity index (χ1) is 11.1. The van der Waals surface area contributed by atoms with Crippen LogP contribution in [0.4, 0.5) is 10.8 Å². The van der Waals surface area contributed by atoms with Crippen LogP contribution in [-0.4, -0.2) is 39.3 Å². The summed E-state index contributed by atoms with van der Waals surface area (Å²) in [6.07, 6.45) is 1.66. The van der Waals surface area contributed by atoms with Crippen LogP contribution in [0.25, 0.3) is 0 Å². The van der Waals surface area contributed by atoms with Crippen LogP contribution in [0.1, 0.15) is 17.8 Å². The molecule has 6 nitrogen and oxygen atoms in total. The van der Waals surface area contributed by atoms with E-state index in [1.807, 2.05) is 24.3 Å². The zero-order chi connectivity index (χ0) is 16.2. The summed E-state index contributed by atoms with van der Waals surface area (Å²) in [5.74, 6) is -0.990. The SMILES string of the molecule is O=C(O)C1CCCN(Cc2nnc(Nc3cccc(Cl)c3)s2)C1. The summed E-state index contributed by atoms with van der Waals surface area (Å²) in [6, 6.07) is 7.42. The summed E-state index contributed by atoms with van der Waals surface area (Å²) in [6.45, 7) is 2.12. The molecule has 2 N–H and O–H groups in total. The van der Waals surface area contributed by atoms with Crippen LogP contribution in [-0.2, 0) is 11.3 Å². The number of aliphatic carboxylic acids is 1. The van der Waals surface area contributed by atoms with Crippen molar-refractivity contribution in [2.45, 2.75) is 19.4 Å². The molecular weight excluding hydrogens is 336 g/mol. The highest BCUT2D eigenvalue weighted by atomic mass is 35.5. The highest BCUT2D eigenvalue weighted by Crippen LogP contribution is 2.25. The molecule has 0 aliphatic carbocycles. The molecule has 1 aromatic carbocycles.